The summed E-state index contributed by atoms with van der Waals surface area (Å²) in [5.41, 5.74) is 2.20. The van der Waals surface area contributed by atoms with Crippen LogP contribution in [0, 0.1) is 6.92 Å². The Hall–Kier alpha value is -1.49. The molecule has 1 fully saturated rings. The second kappa shape index (κ2) is 4.89. The molecular formula is C14H17N3OS. The normalized spacial score (nSPS) is 16.3. The molecule has 0 aliphatic heterocycles. The van der Waals surface area contributed by atoms with Crippen LogP contribution in [-0.4, -0.2) is 27.7 Å². The Labute approximate surface area is 117 Å². The predicted molar refractivity (Wildman–Crippen MR) is 78.4 cm³/mol. The van der Waals surface area contributed by atoms with E-state index in [1.54, 1.807) is 0 Å². The Morgan fingerprint density at radius 2 is 2.05 bits per heavy atom. The number of aromatic nitrogens is 2. The molecule has 5 heteroatoms. The van der Waals surface area contributed by atoms with Crippen LogP contribution in [0.5, 0.6) is 0 Å². The summed E-state index contributed by atoms with van der Waals surface area (Å²) < 4.78 is 5.62. The molecule has 2 aromatic rings. The number of rotatable bonds is 5. The summed E-state index contributed by atoms with van der Waals surface area (Å²) in [6.07, 6.45) is 4.68. The van der Waals surface area contributed by atoms with Gasteiger partial charge in [0.15, 0.2) is 0 Å². The zero-order valence-corrected chi connectivity index (χ0v) is 12.0. The molecule has 1 aromatic carbocycles. The van der Waals surface area contributed by atoms with Gasteiger partial charge < -0.3 is 9.84 Å². The maximum absolute atomic E-state index is 5.24. The average molecular weight is 275 g/mol. The highest BCUT2D eigenvalue weighted by molar-refractivity contribution is 8.00. The molecule has 1 N–H and O–H groups in total. The zero-order valence-electron chi connectivity index (χ0n) is 11.1. The first-order valence-electron chi connectivity index (χ1n) is 6.41. The quantitative estimate of drug-likeness (QED) is 0.906. The molecule has 1 aliphatic carbocycles. The fraction of sp³-hybridized carbons (Fsp3) is 0.429. The highest BCUT2D eigenvalue weighted by atomic mass is 32.2. The number of thioether (sulfide) groups is 1. The number of hydrogen-bond donors (Lipinski definition) is 1. The van der Waals surface area contributed by atoms with E-state index in [0.717, 1.165) is 12.1 Å². The molecule has 0 unspecified atom stereocenters. The minimum absolute atomic E-state index is 0.387. The topological polar surface area (TPSA) is 51.0 Å². The molecular weight excluding hydrogens is 258 g/mol. The van der Waals surface area contributed by atoms with Crippen LogP contribution in [0.25, 0.3) is 11.4 Å². The second-order valence-electron chi connectivity index (χ2n) is 5.03. The lowest BCUT2D eigenvalue weighted by atomic mass is 10.1. The lowest BCUT2D eigenvalue weighted by molar-refractivity contribution is 0.432. The molecule has 1 aliphatic rings. The summed E-state index contributed by atoms with van der Waals surface area (Å²) in [5, 5.41) is 7.25. The first-order chi connectivity index (χ1) is 9.21. The van der Waals surface area contributed by atoms with E-state index in [9.17, 15) is 0 Å². The van der Waals surface area contributed by atoms with Gasteiger partial charge in [-0.2, -0.15) is 16.7 Å². The maximum atomic E-state index is 5.24. The van der Waals surface area contributed by atoms with Crippen molar-refractivity contribution in [1.29, 1.82) is 0 Å². The van der Waals surface area contributed by atoms with Crippen LogP contribution < -0.4 is 5.32 Å². The monoisotopic (exact) mass is 275 g/mol. The third-order valence-electron chi connectivity index (χ3n) is 3.54. The van der Waals surface area contributed by atoms with Crippen molar-refractivity contribution >= 4 is 17.8 Å². The lowest BCUT2D eigenvalue weighted by Gasteiger charge is -2.10. The summed E-state index contributed by atoms with van der Waals surface area (Å²) in [6.45, 7) is 2.95. The van der Waals surface area contributed by atoms with Crippen LogP contribution in [0.4, 0.5) is 6.01 Å². The van der Waals surface area contributed by atoms with Gasteiger partial charge in [0, 0.05) is 16.9 Å². The van der Waals surface area contributed by atoms with Crippen LogP contribution in [0.3, 0.4) is 0 Å². The predicted octanol–water partition coefficient (Wildman–Crippen LogP) is 3.35. The Bertz CT molecular complexity index is 560. The van der Waals surface area contributed by atoms with Crippen molar-refractivity contribution < 1.29 is 4.52 Å². The molecule has 0 spiro atoms. The Balaban J connectivity index is 1.67. The zero-order chi connectivity index (χ0) is 13.3. The highest BCUT2D eigenvalue weighted by Crippen LogP contribution is 2.46. The fourth-order valence-corrected chi connectivity index (χ4v) is 2.67. The first-order valence-corrected chi connectivity index (χ1v) is 7.63. The molecule has 0 atom stereocenters. The number of anilines is 1. The Morgan fingerprint density at radius 1 is 1.32 bits per heavy atom. The van der Waals surface area contributed by atoms with E-state index in [1.165, 1.54) is 18.4 Å². The minimum atomic E-state index is 0.387. The summed E-state index contributed by atoms with van der Waals surface area (Å²) in [7, 11) is 0. The van der Waals surface area contributed by atoms with Gasteiger partial charge in [-0.1, -0.05) is 35.0 Å². The van der Waals surface area contributed by atoms with Crippen LogP contribution in [-0.2, 0) is 0 Å². The van der Waals surface area contributed by atoms with Gasteiger partial charge in [-0.25, -0.2) is 0 Å². The number of aryl methyl sites for hydroxylation is 1. The van der Waals surface area contributed by atoms with Gasteiger partial charge >= 0.3 is 6.01 Å². The summed E-state index contributed by atoms with van der Waals surface area (Å²) >= 11 is 1.91. The smallest absolute Gasteiger partial charge is 0.321 e. The highest BCUT2D eigenvalue weighted by Gasteiger charge is 2.41. The molecule has 19 heavy (non-hydrogen) atoms. The van der Waals surface area contributed by atoms with Gasteiger partial charge in [0.1, 0.15) is 0 Å². The standard InChI is InChI=1S/C14H17N3OS/c1-10-3-5-11(6-4-10)12-16-13(18-17-12)15-9-14(19-2)7-8-14/h3-6H,7-9H2,1-2H3,(H,15,16,17). The molecule has 4 nitrogen and oxygen atoms in total. The van der Waals surface area contributed by atoms with Crippen LogP contribution in [0.2, 0.25) is 0 Å². The van der Waals surface area contributed by atoms with Gasteiger partial charge in [-0.05, 0) is 26.0 Å². The van der Waals surface area contributed by atoms with E-state index in [-0.39, 0.29) is 0 Å². The van der Waals surface area contributed by atoms with Crippen molar-refractivity contribution in [3.63, 3.8) is 0 Å². The number of nitrogens with one attached hydrogen (secondary N) is 1. The Kier molecular flexibility index (Phi) is 3.22. The molecule has 100 valence electrons. The second-order valence-corrected chi connectivity index (χ2v) is 6.30. The van der Waals surface area contributed by atoms with Gasteiger partial charge in [0.2, 0.25) is 5.82 Å². The minimum Gasteiger partial charge on any atom is -0.336 e. The number of nitrogens with zero attached hydrogens (tertiary/aromatic N) is 2. The fourth-order valence-electron chi connectivity index (χ4n) is 1.94. The lowest BCUT2D eigenvalue weighted by Crippen LogP contribution is -2.17. The molecule has 0 amide bonds. The molecule has 0 saturated heterocycles. The molecule has 1 saturated carbocycles. The van der Waals surface area contributed by atoms with Crippen molar-refractivity contribution in [2.75, 3.05) is 18.1 Å². The van der Waals surface area contributed by atoms with E-state index in [2.05, 4.69) is 28.6 Å². The number of hydrogen-bond acceptors (Lipinski definition) is 5. The van der Waals surface area contributed by atoms with Crippen LogP contribution in [0.15, 0.2) is 28.8 Å². The van der Waals surface area contributed by atoms with E-state index >= 15 is 0 Å². The van der Waals surface area contributed by atoms with Gasteiger partial charge in [0.25, 0.3) is 0 Å². The number of benzene rings is 1. The molecule has 0 bridgehead atoms. The largest absolute Gasteiger partial charge is 0.336 e. The Morgan fingerprint density at radius 3 is 2.68 bits per heavy atom. The maximum Gasteiger partial charge on any atom is 0.321 e. The van der Waals surface area contributed by atoms with E-state index < -0.39 is 0 Å². The molecule has 1 heterocycles. The summed E-state index contributed by atoms with van der Waals surface area (Å²) in [6, 6.07) is 8.62. The van der Waals surface area contributed by atoms with Crippen molar-refractivity contribution in [1.82, 2.24) is 10.1 Å². The van der Waals surface area contributed by atoms with Gasteiger partial charge in [0.05, 0.1) is 0 Å². The third kappa shape index (κ3) is 2.76. The first kappa shape index (κ1) is 12.5. The average Bonchev–Trinajstić information content (AvgIpc) is 3.07. The van der Waals surface area contributed by atoms with Crippen molar-refractivity contribution in [2.24, 2.45) is 0 Å². The third-order valence-corrected chi connectivity index (χ3v) is 4.96. The van der Waals surface area contributed by atoms with Crippen molar-refractivity contribution in [2.45, 2.75) is 24.5 Å². The molecule has 3 rings (SSSR count). The van der Waals surface area contributed by atoms with Crippen molar-refractivity contribution in [3.8, 4) is 11.4 Å². The molecule has 0 radical (unpaired) electrons. The SMILES string of the molecule is CSC1(CNc2nc(-c3ccc(C)cc3)no2)CC1. The van der Waals surface area contributed by atoms with E-state index in [0.29, 0.717) is 16.6 Å². The summed E-state index contributed by atoms with van der Waals surface area (Å²) in [4.78, 5) is 4.38. The van der Waals surface area contributed by atoms with Crippen LogP contribution >= 0.6 is 11.8 Å². The summed E-state index contributed by atoms with van der Waals surface area (Å²) in [5.74, 6) is 0.636. The van der Waals surface area contributed by atoms with Gasteiger partial charge in [-0.15, -0.1) is 0 Å². The van der Waals surface area contributed by atoms with Crippen LogP contribution in [0.1, 0.15) is 18.4 Å². The van der Waals surface area contributed by atoms with E-state index in [4.69, 9.17) is 4.52 Å². The molecule has 1 aromatic heterocycles. The van der Waals surface area contributed by atoms with Crippen molar-refractivity contribution in [3.05, 3.63) is 29.8 Å². The van der Waals surface area contributed by atoms with Gasteiger partial charge in [-0.3, -0.25) is 0 Å². The van der Waals surface area contributed by atoms with E-state index in [1.807, 2.05) is 36.0 Å².